The zero-order valence-corrected chi connectivity index (χ0v) is 11.9. The van der Waals surface area contributed by atoms with Crippen LogP contribution in [-0.4, -0.2) is 35.1 Å². The van der Waals surface area contributed by atoms with Crippen LogP contribution in [0.5, 0.6) is 0 Å². The van der Waals surface area contributed by atoms with Crippen LogP contribution in [0.25, 0.3) is 0 Å². The standard InChI is InChI=1S/C15H22N4/c1-18(2)14(13-7-5-4-6-8-13)11-16-12-15-17-9-10-19(15)3/h4-10,14,16H,11-12H2,1-3H3. The third-order valence-corrected chi connectivity index (χ3v) is 3.35. The van der Waals surface area contributed by atoms with E-state index in [1.807, 2.05) is 24.0 Å². The van der Waals surface area contributed by atoms with Gasteiger partial charge < -0.3 is 14.8 Å². The van der Waals surface area contributed by atoms with Gasteiger partial charge >= 0.3 is 0 Å². The van der Waals surface area contributed by atoms with E-state index in [1.54, 1.807) is 0 Å². The zero-order chi connectivity index (χ0) is 13.7. The molecular formula is C15H22N4. The number of aromatic nitrogens is 2. The van der Waals surface area contributed by atoms with Crippen molar-refractivity contribution in [2.24, 2.45) is 7.05 Å². The van der Waals surface area contributed by atoms with Crippen LogP contribution in [0.1, 0.15) is 17.4 Å². The highest BCUT2D eigenvalue weighted by Gasteiger charge is 2.13. The third-order valence-electron chi connectivity index (χ3n) is 3.35. The Bertz CT molecular complexity index is 490. The Morgan fingerprint density at radius 3 is 2.58 bits per heavy atom. The lowest BCUT2D eigenvalue weighted by Gasteiger charge is -2.25. The Morgan fingerprint density at radius 2 is 2.00 bits per heavy atom. The van der Waals surface area contributed by atoms with Crippen molar-refractivity contribution < 1.29 is 0 Å². The highest BCUT2D eigenvalue weighted by Crippen LogP contribution is 2.16. The number of aryl methyl sites for hydroxylation is 1. The molecule has 1 aromatic heterocycles. The first-order valence-corrected chi connectivity index (χ1v) is 6.57. The van der Waals surface area contributed by atoms with E-state index >= 15 is 0 Å². The molecule has 1 unspecified atom stereocenters. The normalized spacial score (nSPS) is 12.8. The maximum Gasteiger partial charge on any atom is 0.122 e. The molecule has 102 valence electrons. The minimum atomic E-state index is 0.376. The molecule has 2 rings (SSSR count). The first-order valence-electron chi connectivity index (χ1n) is 6.57. The fraction of sp³-hybridized carbons (Fsp3) is 0.400. The minimum absolute atomic E-state index is 0.376. The molecule has 0 fully saturated rings. The topological polar surface area (TPSA) is 33.1 Å². The molecule has 19 heavy (non-hydrogen) atoms. The predicted molar refractivity (Wildman–Crippen MR) is 77.8 cm³/mol. The maximum absolute atomic E-state index is 4.32. The van der Waals surface area contributed by atoms with E-state index in [2.05, 4.69) is 59.6 Å². The molecule has 0 radical (unpaired) electrons. The number of imidazole rings is 1. The van der Waals surface area contributed by atoms with Crippen LogP contribution < -0.4 is 5.32 Å². The van der Waals surface area contributed by atoms with Gasteiger partial charge in [-0.25, -0.2) is 4.98 Å². The molecule has 1 N–H and O–H groups in total. The summed E-state index contributed by atoms with van der Waals surface area (Å²) in [6, 6.07) is 11.0. The molecule has 0 aliphatic carbocycles. The van der Waals surface area contributed by atoms with Gasteiger partial charge in [-0.1, -0.05) is 30.3 Å². The van der Waals surface area contributed by atoms with Crippen molar-refractivity contribution in [1.29, 1.82) is 0 Å². The van der Waals surface area contributed by atoms with Gasteiger partial charge in [-0.15, -0.1) is 0 Å². The van der Waals surface area contributed by atoms with E-state index in [4.69, 9.17) is 0 Å². The van der Waals surface area contributed by atoms with Crippen molar-refractivity contribution in [3.63, 3.8) is 0 Å². The number of likely N-dealkylation sites (N-methyl/N-ethyl adjacent to an activating group) is 1. The summed E-state index contributed by atoms with van der Waals surface area (Å²) in [6.45, 7) is 1.70. The fourth-order valence-electron chi connectivity index (χ4n) is 2.16. The molecule has 1 heterocycles. The van der Waals surface area contributed by atoms with Gasteiger partial charge in [0.25, 0.3) is 0 Å². The van der Waals surface area contributed by atoms with Crippen LogP contribution in [0, 0.1) is 0 Å². The first-order chi connectivity index (χ1) is 9.18. The molecule has 0 saturated heterocycles. The maximum atomic E-state index is 4.32. The Kier molecular flexibility index (Phi) is 4.71. The summed E-state index contributed by atoms with van der Waals surface area (Å²) in [5, 5.41) is 3.48. The second kappa shape index (κ2) is 6.50. The molecule has 0 spiro atoms. The van der Waals surface area contributed by atoms with Crippen molar-refractivity contribution in [3.8, 4) is 0 Å². The average molecular weight is 258 g/mol. The molecule has 2 aromatic rings. The van der Waals surface area contributed by atoms with Crippen molar-refractivity contribution >= 4 is 0 Å². The van der Waals surface area contributed by atoms with Gasteiger partial charge in [-0.2, -0.15) is 0 Å². The van der Waals surface area contributed by atoms with Crippen LogP contribution >= 0.6 is 0 Å². The van der Waals surface area contributed by atoms with E-state index < -0.39 is 0 Å². The monoisotopic (exact) mass is 258 g/mol. The molecule has 0 aliphatic heterocycles. The molecule has 0 aliphatic rings. The number of nitrogens with zero attached hydrogens (tertiary/aromatic N) is 3. The number of rotatable bonds is 6. The van der Waals surface area contributed by atoms with E-state index in [0.29, 0.717) is 6.04 Å². The summed E-state index contributed by atoms with van der Waals surface area (Å²) in [5.41, 5.74) is 1.33. The lowest BCUT2D eigenvalue weighted by molar-refractivity contribution is 0.287. The van der Waals surface area contributed by atoms with E-state index in [1.165, 1.54) is 5.56 Å². The quantitative estimate of drug-likeness (QED) is 0.858. The minimum Gasteiger partial charge on any atom is -0.337 e. The highest BCUT2D eigenvalue weighted by atomic mass is 15.1. The van der Waals surface area contributed by atoms with Gasteiger partial charge in [-0.3, -0.25) is 0 Å². The van der Waals surface area contributed by atoms with Crippen LogP contribution in [0.15, 0.2) is 42.7 Å². The summed E-state index contributed by atoms with van der Waals surface area (Å²) < 4.78 is 2.04. The predicted octanol–water partition coefficient (Wildman–Crippen LogP) is 1.81. The SMILES string of the molecule is CN(C)C(CNCc1nccn1C)c1ccccc1. The fourth-order valence-corrected chi connectivity index (χ4v) is 2.16. The van der Waals surface area contributed by atoms with Crippen LogP contribution in [0.2, 0.25) is 0 Å². The molecule has 0 amide bonds. The van der Waals surface area contributed by atoms with Crippen molar-refractivity contribution in [3.05, 3.63) is 54.1 Å². The van der Waals surface area contributed by atoms with E-state index in [9.17, 15) is 0 Å². The van der Waals surface area contributed by atoms with Gasteiger partial charge in [0, 0.05) is 32.0 Å². The van der Waals surface area contributed by atoms with Crippen LogP contribution in [0.3, 0.4) is 0 Å². The Balaban J connectivity index is 1.93. The number of hydrogen-bond acceptors (Lipinski definition) is 3. The van der Waals surface area contributed by atoms with Crippen LogP contribution in [-0.2, 0) is 13.6 Å². The molecule has 0 saturated carbocycles. The average Bonchev–Trinajstić information content (AvgIpc) is 2.81. The largest absolute Gasteiger partial charge is 0.337 e. The molecule has 0 bridgehead atoms. The van der Waals surface area contributed by atoms with Crippen molar-refractivity contribution in [2.75, 3.05) is 20.6 Å². The molecule has 1 atom stereocenters. The van der Waals surface area contributed by atoms with Crippen molar-refractivity contribution in [1.82, 2.24) is 19.8 Å². The summed E-state index contributed by atoms with van der Waals surface area (Å²) in [5.74, 6) is 1.06. The Labute approximate surface area is 115 Å². The number of benzene rings is 1. The Morgan fingerprint density at radius 1 is 1.26 bits per heavy atom. The van der Waals surface area contributed by atoms with Gasteiger partial charge in [0.2, 0.25) is 0 Å². The lowest BCUT2D eigenvalue weighted by atomic mass is 10.1. The third kappa shape index (κ3) is 3.66. The molecule has 4 nitrogen and oxygen atoms in total. The number of nitrogens with one attached hydrogen (secondary N) is 1. The molecular weight excluding hydrogens is 236 g/mol. The summed E-state index contributed by atoms with van der Waals surface area (Å²) in [7, 11) is 6.24. The summed E-state index contributed by atoms with van der Waals surface area (Å²) >= 11 is 0. The van der Waals surface area contributed by atoms with Crippen molar-refractivity contribution in [2.45, 2.75) is 12.6 Å². The van der Waals surface area contributed by atoms with Gasteiger partial charge in [-0.05, 0) is 19.7 Å². The molecule has 1 aromatic carbocycles. The molecule has 4 heteroatoms. The van der Waals surface area contributed by atoms with Crippen LogP contribution in [0.4, 0.5) is 0 Å². The summed E-state index contributed by atoms with van der Waals surface area (Å²) in [6.07, 6.45) is 3.80. The Hall–Kier alpha value is -1.65. The second-order valence-electron chi connectivity index (χ2n) is 4.98. The van der Waals surface area contributed by atoms with E-state index in [-0.39, 0.29) is 0 Å². The lowest BCUT2D eigenvalue weighted by Crippen LogP contribution is -2.31. The first kappa shape index (κ1) is 13.8. The van der Waals surface area contributed by atoms with Gasteiger partial charge in [0.05, 0.1) is 6.54 Å². The smallest absolute Gasteiger partial charge is 0.122 e. The number of hydrogen-bond donors (Lipinski definition) is 1. The van der Waals surface area contributed by atoms with E-state index in [0.717, 1.165) is 18.9 Å². The zero-order valence-electron chi connectivity index (χ0n) is 11.9. The summed E-state index contributed by atoms with van der Waals surface area (Å²) in [4.78, 5) is 6.55. The highest BCUT2D eigenvalue weighted by molar-refractivity contribution is 5.19. The van der Waals surface area contributed by atoms with Gasteiger partial charge in [0.15, 0.2) is 0 Å². The second-order valence-corrected chi connectivity index (χ2v) is 4.98. The van der Waals surface area contributed by atoms with Gasteiger partial charge in [0.1, 0.15) is 5.82 Å².